The molecule has 0 saturated carbocycles. The maximum Gasteiger partial charge on any atom is 0.328 e. The van der Waals surface area contributed by atoms with Crippen LogP contribution in [0.1, 0.15) is 28.4 Å². The molecule has 114 valence electrons. The fraction of sp³-hybridized carbons (Fsp3) is 0.375. The zero-order valence-corrected chi connectivity index (χ0v) is 12.6. The lowest BCUT2D eigenvalue weighted by Gasteiger charge is -2.20. The van der Waals surface area contributed by atoms with Gasteiger partial charge in [-0.1, -0.05) is 6.07 Å². The summed E-state index contributed by atoms with van der Waals surface area (Å²) in [6.45, 7) is 5.43. The van der Waals surface area contributed by atoms with Crippen molar-refractivity contribution >= 4 is 18.0 Å². The highest BCUT2D eigenvalue weighted by molar-refractivity contribution is 5.95. The Labute approximate surface area is 124 Å². The summed E-state index contributed by atoms with van der Waals surface area (Å²) in [6.07, 6.45) is 2.61. The van der Waals surface area contributed by atoms with Gasteiger partial charge in [-0.25, -0.2) is 4.79 Å². The average Bonchev–Trinajstić information content (AvgIpc) is 2.46. The van der Waals surface area contributed by atoms with E-state index in [1.165, 1.54) is 6.08 Å². The van der Waals surface area contributed by atoms with E-state index in [1.54, 1.807) is 30.2 Å². The highest BCUT2D eigenvalue weighted by Crippen LogP contribution is 2.14. The van der Waals surface area contributed by atoms with E-state index in [0.29, 0.717) is 25.3 Å². The number of benzene rings is 1. The summed E-state index contributed by atoms with van der Waals surface area (Å²) in [5.74, 6) is -1.04. The second-order valence-electron chi connectivity index (χ2n) is 4.62. The average molecular weight is 291 g/mol. The van der Waals surface area contributed by atoms with E-state index in [2.05, 4.69) is 0 Å². The second kappa shape index (κ2) is 8.21. The molecule has 0 unspecified atom stereocenters. The van der Waals surface area contributed by atoms with Gasteiger partial charge in [-0.05, 0) is 43.2 Å². The van der Waals surface area contributed by atoms with Crippen LogP contribution in [-0.2, 0) is 9.53 Å². The summed E-state index contributed by atoms with van der Waals surface area (Å²) in [6, 6.07) is 5.25. The molecule has 1 rings (SSSR count). The molecule has 1 N–H and O–H groups in total. The van der Waals surface area contributed by atoms with E-state index in [1.807, 2.05) is 13.8 Å². The van der Waals surface area contributed by atoms with Gasteiger partial charge in [0.25, 0.3) is 5.91 Å². The summed E-state index contributed by atoms with van der Waals surface area (Å²) < 4.78 is 5.00. The molecule has 0 fully saturated rings. The molecule has 0 spiro atoms. The Morgan fingerprint density at radius 1 is 1.38 bits per heavy atom. The molecular formula is C16H21NO4. The van der Waals surface area contributed by atoms with Gasteiger partial charge in [-0.3, -0.25) is 4.79 Å². The number of rotatable bonds is 7. The first-order chi connectivity index (χ1) is 9.99. The van der Waals surface area contributed by atoms with Gasteiger partial charge in [-0.2, -0.15) is 0 Å². The van der Waals surface area contributed by atoms with Crippen LogP contribution in [-0.4, -0.2) is 48.7 Å². The molecule has 1 aromatic carbocycles. The van der Waals surface area contributed by atoms with Crippen molar-refractivity contribution in [2.75, 3.05) is 26.8 Å². The molecule has 0 radical (unpaired) electrons. The number of hydrogen-bond donors (Lipinski definition) is 1. The number of nitrogens with zero attached hydrogens (tertiary/aromatic N) is 1. The number of carboxylic acid groups (broad SMARTS) is 1. The van der Waals surface area contributed by atoms with Gasteiger partial charge in [-0.15, -0.1) is 0 Å². The molecule has 0 saturated heterocycles. The predicted octanol–water partition coefficient (Wildman–Crippen LogP) is 2.20. The Morgan fingerprint density at radius 3 is 2.62 bits per heavy atom. The topological polar surface area (TPSA) is 66.8 Å². The third-order valence-electron chi connectivity index (χ3n) is 3.16. The quantitative estimate of drug-likeness (QED) is 0.782. The second-order valence-corrected chi connectivity index (χ2v) is 4.62. The van der Waals surface area contributed by atoms with Crippen molar-refractivity contribution in [3.8, 4) is 0 Å². The summed E-state index contributed by atoms with van der Waals surface area (Å²) >= 11 is 0. The van der Waals surface area contributed by atoms with E-state index in [4.69, 9.17) is 9.84 Å². The molecule has 0 aliphatic carbocycles. The standard InChI is InChI=1S/C16H21NO4/c1-4-17(9-10-21-3)16(20)14-6-5-13(12(2)11-14)7-8-15(18)19/h5-8,11H,4,9-10H2,1-3H3,(H,18,19)/b8-7+. The summed E-state index contributed by atoms with van der Waals surface area (Å²) in [7, 11) is 1.60. The fourth-order valence-electron chi connectivity index (χ4n) is 1.94. The van der Waals surface area contributed by atoms with Gasteiger partial charge in [0.1, 0.15) is 0 Å². The minimum atomic E-state index is -0.994. The van der Waals surface area contributed by atoms with Crippen LogP contribution < -0.4 is 0 Å². The van der Waals surface area contributed by atoms with Crippen molar-refractivity contribution in [3.63, 3.8) is 0 Å². The Kier molecular flexibility index (Phi) is 6.62. The smallest absolute Gasteiger partial charge is 0.328 e. The van der Waals surface area contributed by atoms with Crippen LogP contribution in [0, 0.1) is 6.92 Å². The summed E-state index contributed by atoms with van der Waals surface area (Å²) in [4.78, 5) is 24.6. The van der Waals surface area contributed by atoms with Crippen LogP contribution >= 0.6 is 0 Å². The van der Waals surface area contributed by atoms with Crippen molar-refractivity contribution in [1.29, 1.82) is 0 Å². The molecule has 21 heavy (non-hydrogen) atoms. The lowest BCUT2D eigenvalue weighted by Crippen LogP contribution is -2.33. The number of carboxylic acids is 1. The fourth-order valence-corrected chi connectivity index (χ4v) is 1.94. The Bertz CT molecular complexity index is 537. The normalized spacial score (nSPS) is 10.8. The van der Waals surface area contributed by atoms with Crippen molar-refractivity contribution in [2.24, 2.45) is 0 Å². The van der Waals surface area contributed by atoms with Crippen molar-refractivity contribution in [2.45, 2.75) is 13.8 Å². The van der Waals surface area contributed by atoms with Crippen molar-refractivity contribution in [1.82, 2.24) is 4.90 Å². The van der Waals surface area contributed by atoms with Crippen LogP contribution in [0.4, 0.5) is 0 Å². The summed E-state index contributed by atoms with van der Waals surface area (Å²) in [5, 5.41) is 8.64. The molecule has 0 aromatic heterocycles. The number of carbonyl (C=O) groups is 2. The summed E-state index contributed by atoms with van der Waals surface area (Å²) in [5.41, 5.74) is 2.24. The number of likely N-dealkylation sites (N-methyl/N-ethyl adjacent to an activating group) is 1. The largest absolute Gasteiger partial charge is 0.478 e. The van der Waals surface area contributed by atoms with Gasteiger partial charge in [0.15, 0.2) is 0 Å². The Morgan fingerprint density at radius 2 is 2.10 bits per heavy atom. The highest BCUT2D eigenvalue weighted by Gasteiger charge is 2.14. The number of methoxy groups -OCH3 is 1. The number of amides is 1. The lowest BCUT2D eigenvalue weighted by atomic mass is 10.0. The van der Waals surface area contributed by atoms with Crippen LogP contribution in [0.3, 0.4) is 0 Å². The first kappa shape index (κ1) is 16.9. The molecule has 0 atom stereocenters. The molecule has 0 aliphatic heterocycles. The number of aryl methyl sites for hydroxylation is 1. The number of carbonyl (C=O) groups excluding carboxylic acids is 1. The highest BCUT2D eigenvalue weighted by atomic mass is 16.5. The molecule has 1 aromatic rings. The van der Waals surface area contributed by atoms with Gasteiger partial charge in [0.2, 0.25) is 0 Å². The maximum atomic E-state index is 12.4. The SMILES string of the molecule is CCN(CCOC)C(=O)c1ccc(/C=C/C(=O)O)c(C)c1. The zero-order chi connectivity index (χ0) is 15.8. The first-order valence-electron chi connectivity index (χ1n) is 6.79. The molecule has 1 amide bonds. The minimum absolute atomic E-state index is 0.0496. The van der Waals surface area contributed by atoms with Gasteiger partial charge >= 0.3 is 5.97 Å². The van der Waals surface area contributed by atoms with Crippen molar-refractivity contribution in [3.05, 3.63) is 41.0 Å². The van der Waals surface area contributed by atoms with Gasteiger partial charge in [0.05, 0.1) is 6.61 Å². The number of hydrogen-bond acceptors (Lipinski definition) is 3. The van der Waals surface area contributed by atoms with Gasteiger partial charge < -0.3 is 14.7 Å². The van der Waals surface area contributed by atoms with E-state index < -0.39 is 5.97 Å². The molecule has 5 nitrogen and oxygen atoms in total. The van der Waals surface area contributed by atoms with E-state index in [9.17, 15) is 9.59 Å². The molecular weight excluding hydrogens is 270 g/mol. The predicted molar refractivity (Wildman–Crippen MR) is 81.3 cm³/mol. The van der Waals surface area contributed by atoms with E-state index in [-0.39, 0.29) is 5.91 Å². The van der Waals surface area contributed by atoms with Crippen LogP contribution in [0.5, 0.6) is 0 Å². The van der Waals surface area contributed by atoms with Crippen LogP contribution in [0.25, 0.3) is 6.08 Å². The zero-order valence-electron chi connectivity index (χ0n) is 12.6. The third kappa shape index (κ3) is 5.04. The molecule has 0 aliphatic rings. The Balaban J connectivity index is 2.91. The number of ether oxygens (including phenoxy) is 1. The van der Waals surface area contributed by atoms with Crippen LogP contribution in [0.2, 0.25) is 0 Å². The first-order valence-corrected chi connectivity index (χ1v) is 6.79. The molecule has 0 heterocycles. The molecule has 5 heteroatoms. The van der Waals surface area contributed by atoms with Gasteiger partial charge in [0, 0.05) is 31.8 Å². The minimum Gasteiger partial charge on any atom is -0.478 e. The van der Waals surface area contributed by atoms with E-state index in [0.717, 1.165) is 17.2 Å². The maximum absolute atomic E-state index is 12.4. The monoisotopic (exact) mass is 291 g/mol. The Hall–Kier alpha value is -2.14. The number of aliphatic carboxylic acids is 1. The van der Waals surface area contributed by atoms with Crippen molar-refractivity contribution < 1.29 is 19.4 Å². The molecule has 0 bridgehead atoms. The lowest BCUT2D eigenvalue weighted by molar-refractivity contribution is -0.131. The van der Waals surface area contributed by atoms with Crippen LogP contribution in [0.15, 0.2) is 24.3 Å². The third-order valence-corrected chi connectivity index (χ3v) is 3.16. The van der Waals surface area contributed by atoms with E-state index >= 15 is 0 Å².